The standard InChI is InChI=1S/C19H32N4S2.HI/c1-19(8-5-11-25-19)15-22-18(20-2)21-12-16-6-3-9-23(13-16)14-17-7-4-10-24-17;/h4,7,10,16H,3,5-6,8-9,11-15H2,1-2H3,(H2,20,21,22);1H. The molecule has 2 unspecified atom stereocenters. The Bertz CT molecular complexity index is 544. The maximum Gasteiger partial charge on any atom is 0.191 e. The van der Waals surface area contributed by atoms with Crippen molar-refractivity contribution in [1.82, 2.24) is 15.5 Å². The predicted molar refractivity (Wildman–Crippen MR) is 127 cm³/mol. The first-order valence-electron chi connectivity index (χ1n) is 9.50. The fourth-order valence-electron chi connectivity index (χ4n) is 3.79. The molecule has 3 rings (SSSR count). The molecule has 0 amide bonds. The van der Waals surface area contributed by atoms with Crippen LogP contribution in [0.15, 0.2) is 22.5 Å². The van der Waals surface area contributed by atoms with Crippen molar-refractivity contribution in [3.63, 3.8) is 0 Å². The third-order valence-corrected chi connectivity index (χ3v) is 7.67. The average molecular weight is 509 g/mol. The average Bonchev–Trinajstić information content (AvgIpc) is 3.28. The number of thiophene rings is 1. The van der Waals surface area contributed by atoms with Crippen molar-refractivity contribution in [3.8, 4) is 0 Å². The normalized spacial score (nSPS) is 27.2. The molecule has 3 heterocycles. The summed E-state index contributed by atoms with van der Waals surface area (Å²) in [5, 5.41) is 9.29. The first-order chi connectivity index (χ1) is 12.2. The van der Waals surface area contributed by atoms with E-state index in [2.05, 4.69) is 56.7 Å². The fourth-order valence-corrected chi connectivity index (χ4v) is 5.78. The van der Waals surface area contributed by atoms with Crippen molar-refractivity contribution >= 4 is 53.0 Å². The molecular formula is C19H33IN4S2. The number of nitrogens with one attached hydrogen (secondary N) is 2. The van der Waals surface area contributed by atoms with Gasteiger partial charge in [-0.25, -0.2) is 0 Å². The lowest BCUT2D eigenvalue weighted by Gasteiger charge is -2.33. The van der Waals surface area contributed by atoms with E-state index < -0.39 is 0 Å². The van der Waals surface area contributed by atoms with Crippen LogP contribution >= 0.6 is 47.1 Å². The van der Waals surface area contributed by atoms with Gasteiger partial charge in [0.25, 0.3) is 0 Å². The van der Waals surface area contributed by atoms with Crippen LogP contribution in [0.3, 0.4) is 0 Å². The first kappa shape index (κ1) is 22.3. The van der Waals surface area contributed by atoms with Crippen LogP contribution in [0.25, 0.3) is 0 Å². The minimum atomic E-state index is 0. The van der Waals surface area contributed by atoms with E-state index in [1.165, 1.54) is 49.4 Å². The van der Waals surface area contributed by atoms with Crippen molar-refractivity contribution < 1.29 is 0 Å². The molecule has 2 atom stereocenters. The van der Waals surface area contributed by atoms with Gasteiger partial charge in [0.15, 0.2) is 5.96 Å². The van der Waals surface area contributed by atoms with Crippen LogP contribution in [0, 0.1) is 5.92 Å². The van der Waals surface area contributed by atoms with E-state index in [0.29, 0.717) is 10.7 Å². The summed E-state index contributed by atoms with van der Waals surface area (Å²) in [6.07, 6.45) is 5.27. The quantitative estimate of drug-likeness (QED) is 0.346. The van der Waals surface area contributed by atoms with Gasteiger partial charge < -0.3 is 10.6 Å². The molecule has 1 aromatic heterocycles. The van der Waals surface area contributed by atoms with Crippen LogP contribution in [-0.4, -0.2) is 54.6 Å². The Labute approximate surface area is 184 Å². The van der Waals surface area contributed by atoms with Crippen molar-refractivity contribution in [2.45, 2.75) is 43.9 Å². The van der Waals surface area contributed by atoms with Crippen LogP contribution in [-0.2, 0) is 6.54 Å². The molecule has 0 aromatic carbocycles. The van der Waals surface area contributed by atoms with Gasteiger partial charge in [-0.05, 0) is 62.3 Å². The van der Waals surface area contributed by atoms with Gasteiger partial charge in [-0.1, -0.05) is 6.07 Å². The van der Waals surface area contributed by atoms with Crippen LogP contribution in [0.2, 0.25) is 0 Å². The molecule has 1 aromatic rings. The maximum atomic E-state index is 4.42. The maximum absolute atomic E-state index is 4.42. The van der Waals surface area contributed by atoms with Gasteiger partial charge in [0.1, 0.15) is 0 Å². The van der Waals surface area contributed by atoms with E-state index >= 15 is 0 Å². The Hall–Kier alpha value is 0.01000. The minimum absolute atomic E-state index is 0. The van der Waals surface area contributed by atoms with Crippen molar-refractivity contribution in [2.24, 2.45) is 10.9 Å². The number of hydrogen-bond donors (Lipinski definition) is 2. The van der Waals surface area contributed by atoms with E-state index in [4.69, 9.17) is 0 Å². The molecular weight excluding hydrogens is 475 g/mol. The summed E-state index contributed by atoms with van der Waals surface area (Å²) in [6, 6.07) is 4.40. The van der Waals surface area contributed by atoms with Crippen LogP contribution in [0.4, 0.5) is 0 Å². The van der Waals surface area contributed by atoms with Crippen molar-refractivity contribution in [3.05, 3.63) is 22.4 Å². The molecule has 2 fully saturated rings. The smallest absolute Gasteiger partial charge is 0.191 e. The van der Waals surface area contributed by atoms with Crippen LogP contribution < -0.4 is 10.6 Å². The monoisotopic (exact) mass is 508 g/mol. The van der Waals surface area contributed by atoms with Gasteiger partial charge in [0.2, 0.25) is 0 Å². The zero-order valence-corrected chi connectivity index (χ0v) is 20.0. The fraction of sp³-hybridized carbons (Fsp3) is 0.737. The third kappa shape index (κ3) is 6.87. The summed E-state index contributed by atoms with van der Waals surface area (Å²) < 4.78 is 0.375. The number of hydrogen-bond acceptors (Lipinski definition) is 4. The van der Waals surface area contributed by atoms with Crippen LogP contribution in [0.1, 0.15) is 37.5 Å². The molecule has 0 saturated carbocycles. The van der Waals surface area contributed by atoms with Gasteiger partial charge >= 0.3 is 0 Å². The van der Waals surface area contributed by atoms with Gasteiger partial charge in [0, 0.05) is 42.9 Å². The van der Waals surface area contributed by atoms with Crippen molar-refractivity contribution in [2.75, 3.05) is 39.0 Å². The second kappa shape index (κ2) is 11.1. The lowest BCUT2D eigenvalue weighted by atomic mass is 9.98. The highest BCUT2D eigenvalue weighted by Crippen LogP contribution is 2.36. The topological polar surface area (TPSA) is 39.7 Å². The number of thioether (sulfide) groups is 1. The summed E-state index contributed by atoms with van der Waals surface area (Å²) in [4.78, 5) is 8.50. The molecule has 2 saturated heterocycles. The Morgan fingerprint density at radius 3 is 2.96 bits per heavy atom. The molecule has 26 heavy (non-hydrogen) atoms. The summed E-state index contributed by atoms with van der Waals surface area (Å²) in [6.45, 7) is 7.93. The van der Waals surface area contributed by atoms with Gasteiger partial charge in [-0.2, -0.15) is 11.8 Å². The molecule has 4 nitrogen and oxygen atoms in total. The minimum Gasteiger partial charge on any atom is -0.356 e. The second-order valence-electron chi connectivity index (χ2n) is 7.53. The largest absolute Gasteiger partial charge is 0.356 e. The van der Waals surface area contributed by atoms with E-state index in [-0.39, 0.29) is 24.0 Å². The predicted octanol–water partition coefficient (Wildman–Crippen LogP) is 4.03. The Morgan fingerprint density at radius 1 is 1.38 bits per heavy atom. The van der Waals surface area contributed by atoms with Gasteiger partial charge in [-0.15, -0.1) is 35.3 Å². The highest BCUT2D eigenvalue weighted by molar-refractivity contribution is 14.0. The number of aliphatic imine (C=N–C) groups is 1. The van der Waals surface area contributed by atoms with Crippen LogP contribution in [0.5, 0.6) is 0 Å². The molecule has 2 N–H and O–H groups in total. The molecule has 0 bridgehead atoms. The molecule has 0 radical (unpaired) electrons. The Morgan fingerprint density at radius 2 is 2.27 bits per heavy atom. The Kier molecular flexibility index (Phi) is 9.54. The number of guanidine groups is 1. The number of halogens is 1. The lowest BCUT2D eigenvalue weighted by Crippen LogP contribution is -2.47. The number of nitrogens with zero attached hydrogens (tertiary/aromatic N) is 2. The van der Waals surface area contributed by atoms with E-state index in [0.717, 1.165) is 25.6 Å². The van der Waals surface area contributed by atoms with Gasteiger partial charge in [0.05, 0.1) is 0 Å². The van der Waals surface area contributed by atoms with Crippen molar-refractivity contribution in [1.29, 1.82) is 0 Å². The molecule has 0 aliphatic carbocycles. The Balaban J connectivity index is 0.00000243. The number of likely N-dealkylation sites (tertiary alicyclic amines) is 1. The summed E-state index contributed by atoms with van der Waals surface area (Å²) >= 11 is 3.96. The summed E-state index contributed by atoms with van der Waals surface area (Å²) in [5.41, 5.74) is 0. The zero-order valence-electron chi connectivity index (χ0n) is 16.0. The molecule has 2 aliphatic rings. The summed E-state index contributed by atoms with van der Waals surface area (Å²) in [5.74, 6) is 2.97. The second-order valence-corrected chi connectivity index (χ2v) is 10.2. The lowest BCUT2D eigenvalue weighted by molar-refractivity contribution is 0.169. The first-order valence-corrected chi connectivity index (χ1v) is 11.4. The third-order valence-electron chi connectivity index (χ3n) is 5.27. The van der Waals surface area contributed by atoms with E-state index in [1.54, 1.807) is 0 Å². The zero-order chi connectivity index (χ0) is 17.5. The number of piperidine rings is 1. The highest BCUT2D eigenvalue weighted by Gasteiger charge is 2.29. The van der Waals surface area contributed by atoms with E-state index in [9.17, 15) is 0 Å². The SMILES string of the molecule is CN=C(NCC1CCCN(Cc2cccs2)C1)NCC1(C)CCCS1.I. The molecule has 148 valence electrons. The molecule has 7 heteroatoms. The summed E-state index contributed by atoms with van der Waals surface area (Å²) in [7, 11) is 1.88. The highest BCUT2D eigenvalue weighted by atomic mass is 127. The van der Waals surface area contributed by atoms with Gasteiger partial charge in [-0.3, -0.25) is 9.89 Å². The number of rotatable bonds is 6. The molecule has 0 spiro atoms. The molecule has 2 aliphatic heterocycles. The van der Waals surface area contributed by atoms with E-state index in [1.807, 2.05) is 18.4 Å².